The first-order chi connectivity index (χ1) is 7.61. The van der Waals surface area contributed by atoms with Crippen LogP contribution in [0.4, 0.5) is 5.69 Å². The monoisotopic (exact) mass is 307 g/mol. The predicted molar refractivity (Wildman–Crippen MR) is 68.6 cm³/mol. The van der Waals surface area contributed by atoms with Gasteiger partial charge in [-0.1, -0.05) is 12.1 Å². The Labute approximate surface area is 104 Å². The third-order valence-corrected chi connectivity index (χ3v) is 4.13. The van der Waals surface area contributed by atoms with E-state index >= 15 is 0 Å². The molecule has 90 valence electrons. The molecule has 0 saturated heterocycles. The van der Waals surface area contributed by atoms with Crippen molar-refractivity contribution in [1.29, 1.82) is 0 Å². The fourth-order valence-corrected chi connectivity index (χ4v) is 3.05. The summed E-state index contributed by atoms with van der Waals surface area (Å²) < 4.78 is 23.2. The van der Waals surface area contributed by atoms with E-state index in [0.29, 0.717) is 18.9 Å². The Hall–Kier alpha value is -0.350. The Bertz CT molecular complexity index is 376. The average molecular weight is 308 g/mol. The van der Waals surface area contributed by atoms with E-state index in [0.717, 1.165) is 4.47 Å². The van der Waals surface area contributed by atoms with Crippen LogP contribution in [-0.2, 0) is 13.6 Å². The van der Waals surface area contributed by atoms with Crippen LogP contribution in [0.1, 0.15) is 13.8 Å². The van der Waals surface area contributed by atoms with Gasteiger partial charge in [-0.3, -0.25) is 14.1 Å². The third-order valence-electron chi connectivity index (χ3n) is 1.73. The molecule has 0 aliphatic heterocycles. The summed E-state index contributed by atoms with van der Waals surface area (Å²) in [6.07, 6.45) is 0. The van der Waals surface area contributed by atoms with Gasteiger partial charge in [0.1, 0.15) is 0 Å². The quantitative estimate of drug-likeness (QED) is 0.806. The molecule has 0 saturated carbocycles. The van der Waals surface area contributed by atoms with Crippen LogP contribution in [0.3, 0.4) is 0 Å². The van der Waals surface area contributed by atoms with Crippen molar-refractivity contribution in [3.05, 3.63) is 28.7 Å². The zero-order chi connectivity index (χ0) is 12.0. The highest BCUT2D eigenvalue weighted by Crippen LogP contribution is 2.48. The van der Waals surface area contributed by atoms with Crippen molar-refractivity contribution < 1.29 is 13.6 Å². The van der Waals surface area contributed by atoms with Gasteiger partial charge in [-0.25, -0.2) is 4.57 Å². The molecule has 1 rings (SSSR count). The van der Waals surface area contributed by atoms with Gasteiger partial charge in [0.05, 0.1) is 18.9 Å². The van der Waals surface area contributed by atoms with E-state index in [-0.39, 0.29) is 0 Å². The Morgan fingerprint density at radius 1 is 1.25 bits per heavy atom. The molecule has 1 aromatic rings. The lowest BCUT2D eigenvalue weighted by Gasteiger charge is -2.19. The molecule has 0 unspecified atom stereocenters. The predicted octanol–water partition coefficient (Wildman–Crippen LogP) is 4.04. The minimum absolute atomic E-state index is 0.328. The molecule has 16 heavy (non-hydrogen) atoms. The summed E-state index contributed by atoms with van der Waals surface area (Å²) in [7, 11) is -3.25. The van der Waals surface area contributed by atoms with Gasteiger partial charge in [-0.15, -0.1) is 0 Å². The van der Waals surface area contributed by atoms with Crippen LogP contribution in [0.5, 0.6) is 0 Å². The first-order valence-electron chi connectivity index (χ1n) is 5.03. The summed E-state index contributed by atoms with van der Waals surface area (Å²) in [6.45, 7) is 4.20. The maximum atomic E-state index is 12.2. The van der Waals surface area contributed by atoms with Gasteiger partial charge in [-0.2, -0.15) is 0 Å². The number of benzene rings is 1. The molecule has 1 N–H and O–H groups in total. The van der Waals surface area contributed by atoms with Crippen LogP contribution in [-0.4, -0.2) is 13.2 Å². The zero-order valence-electron chi connectivity index (χ0n) is 9.27. The van der Waals surface area contributed by atoms with Crippen LogP contribution in [0.2, 0.25) is 0 Å². The lowest BCUT2D eigenvalue weighted by molar-refractivity contribution is 0.225. The van der Waals surface area contributed by atoms with Gasteiger partial charge in [0.25, 0.3) is 0 Å². The third kappa shape index (κ3) is 3.91. The Morgan fingerprint density at radius 3 is 2.31 bits per heavy atom. The molecular weight excluding hydrogens is 293 g/mol. The van der Waals surface area contributed by atoms with Crippen LogP contribution in [0.15, 0.2) is 28.7 Å². The van der Waals surface area contributed by atoms with Gasteiger partial charge in [-0.05, 0) is 41.9 Å². The molecule has 0 atom stereocenters. The van der Waals surface area contributed by atoms with Crippen LogP contribution >= 0.6 is 23.7 Å². The molecule has 0 radical (unpaired) electrons. The van der Waals surface area contributed by atoms with Crippen LogP contribution in [0.25, 0.3) is 0 Å². The van der Waals surface area contributed by atoms with Gasteiger partial charge in [0.15, 0.2) is 0 Å². The maximum Gasteiger partial charge on any atom is 0.432 e. The molecule has 6 heteroatoms. The number of nitrogens with one attached hydrogen (secondary N) is 1. The maximum absolute atomic E-state index is 12.2. The number of anilines is 1. The fourth-order valence-electron chi connectivity index (χ4n) is 1.14. The highest BCUT2D eigenvalue weighted by Gasteiger charge is 2.24. The minimum Gasteiger partial charge on any atom is -0.293 e. The molecule has 0 amide bonds. The Morgan fingerprint density at radius 2 is 1.81 bits per heavy atom. The SMILES string of the molecule is CCOP(=O)(Nc1ccccc1Br)OCC. The van der Waals surface area contributed by atoms with Gasteiger partial charge in [0.2, 0.25) is 0 Å². The zero-order valence-corrected chi connectivity index (χ0v) is 11.8. The summed E-state index contributed by atoms with van der Waals surface area (Å²) in [5, 5.41) is 2.79. The van der Waals surface area contributed by atoms with E-state index in [9.17, 15) is 4.57 Å². The van der Waals surface area contributed by atoms with Crippen LogP contribution in [0, 0.1) is 0 Å². The number of rotatable bonds is 6. The molecule has 0 spiro atoms. The summed E-state index contributed by atoms with van der Waals surface area (Å²) in [5.41, 5.74) is 0.688. The smallest absolute Gasteiger partial charge is 0.293 e. The fraction of sp³-hybridized carbons (Fsp3) is 0.400. The second-order valence-corrected chi connectivity index (χ2v) is 5.51. The molecule has 0 fully saturated rings. The van der Waals surface area contributed by atoms with Crippen molar-refractivity contribution in [3.8, 4) is 0 Å². The molecule has 0 aliphatic carbocycles. The second kappa shape index (κ2) is 6.40. The first kappa shape index (κ1) is 13.7. The highest BCUT2D eigenvalue weighted by molar-refractivity contribution is 9.10. The van der Waals surface area contributed by atoms with Crippen molar-refractivity contribution in [2.24, 2.45) is 0 Å². The van der Waals surface area contributed by atoms with Gasteiger partial charge in [0, 0.05) is 4.47 Å². The number of para-hydroxylation sites is 1. The van der Waals surface area contributed by atoms with Crippen LogP contribution < -0.4 is 5.09 Å². The first-order valence-corrected chi connectivity index (χ1v) is 7.36. The average Bonchev–Trinajstić information content (AvgIpc) is 2.22. The lowest BCUT2D eigenvalue weighted by atomic mass is 10.3. The number of hydrogen-bond acceptors (Lipinski definition) is 3. The standard InChI is InChI=1S/C10H15BrNO3P/c1-3-14-16(13,15-4-2)12-10-8-6-5-7-9(10)11/h5-8H,3-4H2,1-2H3,(H,12,13). The Kier molecular flexibility index (Phi) is 5.49. The Balaban J connectivity index is 2.83. The van der Waals surface area contributed by atoms with Crippen molar-refractivity contribution in [3.63, 3.8) is 0 Å². The summed E-state index contributed by atoms with van der Waals surface area (Å²) in [4.78, 5) is 0. The van der Waals surface area contributed by atoms with Crippen molar-refractivity contribution >= 4 is 29.4 Å². The second-order valence-electron chi connectivity index (χ2n) is 2.92. The number of hydrogen-bond donors (Lipinski definition) is 1. The van der Waals surface area contributed by atoms with Crippen molar-refractivity contribution in [1.82, 2.24) is 0 Å². The summed E-state index contributed by atoms with van der Waals surface area (Å²) in [6, 6.07) is 7.37. The molecule has 0 aliphatic rings. The van der Waals surface area contributed by atoms with E-state index in [2.05, 4.69) is 21.0 Å². The van der Waals surface area contributed by atoms with E-state index in [1.165, 1.54) is 0 Å². The normalized spacial score (nSPS) is 11.4. The minimum atomic E-state index is -3.25. The lowest BCUT2D eigenvalue weighted by Crippen LogP contribution is -2.05. The van der Waals surface area contributed by atoms with E-state index in [1.54, 1.807) is 19.9 Å². The number of halogens is 1. The molecule has 4 nitrogen and oxygen atoms in total. The van der Waals surface area contributed by atoms with E-state index < -0.39 is 7.75 Å². The topological polar surface area (TPSA) is 47.6 Å². The van der Waals surface area contributed by atoms with E-state index in [4.69, 9.17) is 9.05 Å². The van der Waals surface area contributed by atoms with Gasteiger partial charge >= 0.3 is 7.75 Å². The van der Waals surface area contributed by atoms with Crippen molar-refractivity contribution in [2.75, 3.05) is 18.3 Å². The summed E-state index contributed by atoms with van der Waals surface area (Å²) >= 11 is 3.36. The molecule has 1 aromatic carbocycles. The molecule has 0 heterocycles. The molecule has 0 bridgehead atoms. The molecular formula is C10H15BrNO3P. The van der Waals surface area contributed by atoms with Gasteiger partial charge < -0.3 is 0 Å². The molecule has 0 aromatic heterocycles. The largest absolute Gasteiger partial charge is 0.432 e. The highest BCUT2D eigenvalue weighted by atomic mass is 79.9. The van der Waals surface area contributed by atoms with E-state index in [1.807, 2.05) is 18.2 Å². The summed E-state index contributed by atoms with van der Waals surface area (Å²) in [5.74, 6) is 0. The van der Waals surface area contributed by atoms with Crippen molar-refractivity contribution in [2.45, 2.75) is 13.8 Å².